The van der Waals surface area contributed by atoms with Gasteiger partial charge in [0.25, 0.3) is 0 Å². The number of aliphatic hydroxyl groups is 4. The van der Waals surface area contributed by atoms with Gasteiger partial charge in [-0.15, -0.1) is 0 Å². The van der Waals surface area contributed by atoms with Crippen LogP contribution in [0.3, 0.4) is 0 Å². The molecule has 3 aliphatic rings. The van der Waals surface area contributed by atoms with Crippen LogP contribution in [0.25, 0.3) is 0 Å². The first kappa shape index (κ1) is 54.0. The fourth-order valence-electron chi connectivity index (χ4n) is 9.92. The van der Waals surface area contributed by atoms with Gasteiger partial charge in [-0.05, 0) is 24.7 Å². The molecule has 3 fully saturated rings. The minimum atomic E-state index is -1.59. The average Bonchev–Trinajstić information content (AvgIpc) is 3.27. The summed E-state index contributed by atoms with van der Waals surface area (Å²) in [5.74, 6) is 1.25. The standard InChI is InChI=1S/C51H94O10/c52-39-45-48(55)49(56)50(57)51(61-45)59-41-44(60-47(54)38-30-20-16-12-8-4-2-6-10-14-18-24-32-43-35-27-22-28-36-43)40-58-46(53)37-29-19-15-11-7-3-1-5-9-13-17-23-31-42-33-25-21-26-34-42/h42-45,48-52,55-57H,1-41H2/t44?,45-,48-,49+,50-,51+/m1/s1. The maximum absolute atomic E-state index is 12.8. The molecule has 6 atom stereocenters. The van der Waals surface area contributed by atoms with Crippen molar-refractivity contribution in [1.82, 2.24) is 0 Å². The van der Waals surface area contributed by atoms with Crippen molar-refractivity contribution in [3.05, 3.63) is 0 Å². The average molecular weight is 867 g/mol. The van der Waals surface area contributed by atoms with Crippen molar-refractivity contribution < 1.29 is 49.0 Å². The molecule has 0 radical (unpaired) electrons. The molecule has 1 unspecified atom stereocenters. The molecular weight excluding hydrogens is 773 g/mol. The molecule has 1 heterocycles. The van der Waals surface area contributed by atoms with Gasteiger partial charge in [0.05, 0.1) is 13.2 Å². The first-order chi connectivity index (χ1) is 29.9. The highest BCUT2D eigenvalue weighted by molar-refractivity contribution is 5.70. The lowest BCUT2D eigenvalue weighted by Gasteiger charge is -2.39. The molecule has 2 aliphatic carbocycles. The lowest BCUT2D eigenvalue weighted by Crippen LogP contribution is -2.59. The van der Waals surface area contributed by atoms with E-state index in [1.165, 1.54) is 193 Å². The van der Waals surface area contributed by atoms with Crippen LogP contribution in [-0.2, 0) is 28.5 Å². The van der Waals surface area contributed by atoms with Crippen LogP contribution in [0.5, 0.6) is 0 Å². The van der Waals surface area contributed by atoms with E-state index in [1.807, 2.05) is 0 Å². The maximum Gasteiger partial charge on any atom is 0.306 e. The zero-order valence-electron chi connectivity index (χ0n) is 38.8. The molecule has 0 aromatic carbocycles. The number of hydrogen-bond donors (Lipinski definition) is 4. The van der Waals surface area contributed by atoms with E-state index in [9.17, 15) is 30.0 Å². The fourth-order valence-corrected chi connectivity index (χ4v) is 9.92. The number of hydrogen-bond acceptors (Lipinski definition) is 10. The van der Waals surface area contributed by atoms with Gasteiger partial charge < -0.3 is 39.4 Å². The normalized spacial score (nSPS) is 23.2. The topological polar surface area (TPSA) is 152 Å². The first-order valence-electron chi connectivity index (χ1n) is 26.1. The summed E-state index contributed by atoms with van der Waals surface area (Å²) in [4.78, 5) is 25.5. The molecule has 1 aliphatic heterocycles. The number of carbonyl (C=O) groups excluding carboxylic acids is 2. The summed E-state index contributed by atoms with van der Waals surface area (Å²) >= 11 is 0. The van der Waals surface area contributed by atoms with Crippen molar-refractivity contribution in [2.45, 2.75) is 281 Å². The Morgan fingerprint density at radius 1 is 0.475 bits per heavy atom. The van der Waals surface area contributed by atoms with Crippen LogP contribution in [-0.4, -0.2) is 89.0 Å². The van der Waals surface area contributed by atoms with Crippen molar-refractivity contribution in [2.24, 2.45) is 11.8 Å². The summed E-state index contributed by atoms with van der Waals surface area (Å²) in [7, 11) is 0. The van der Waals surface area contributed by atoms with Crippen molar-refractivity contribution >= 4 is 11.9 Å². The van der Waals surface area contributed by atoms with Crippen LogP contribution < -0.4 is 0 Å². The van der Waals surface area contributed by atoms with Crippen molar-refractivity contribution in [3.63, 3.8) is 0 Å². The molecule has 1 saturated heterocycles. The van der Waals surface area contributed by atoms with Gasteiger partial charge in [0.1, 0.15) is 31.0 Å². The van der Waals surface area contributed by atoms with E-state index in [2.05, 4.69) is 0 Å². The molecule has 0 bridgehead atoms. The van der Waals surface area contributed by atoms with Crippen LogP contribution in [0.2, 0.25) is 0 Å². The Morgan fingerprint density at radius 2 is 0.869 bits per heavy atom. The van der Waals surface area contributed by atoms with Gasteiger partial charge >= 0.3 is 11.9 Å². The predicted molar refractivity (Wildman–Crippen MR) is 243 cm³/mol. The number of rotatable bonds is 37. The Labute approximate surface area is 372 Å². The van der Waals surface area contributed by atoms with Crippen LogP contribution in [0.4, 0.5) is 0 Å². The van der Waals surface area contributed by atoms with Crippen LogP contribution >= 0.6 is 0 Å². The molecule has 358 valence electrons. The number of aliphatic hydroxyl groups excluding tert-OH is 4. The van der Waals surface area contributed by atoms with E-state index >= 15 is 0 Å². The molecule has 0 aromatic heterocycles. The first-order valence-corrected chi connectivity index (χ1v) is 26.1. The summed E-state index contributed by atoms with van der Waals surface area (Å²) in [6, 6.07) is 0. The second kappa shape index (κ2) is 36.0. The molecule has 3 rings (SSSR count). The van der Waals surface area contributed by atoms with E-state index in [1.54, 1.807) is 0 Å². The Morgan fingerprint density at radius 3 is 1.30 bits per heavy atom. The third-order valence-corrected chi connectivity index (χ3v) is 14.0. The third-order valence-electron chi connectivity index (χ3n) is 14.0. The second-order valence-corrected chi connectivity index (χ2v) is 19.4. The summed E-state index contributed by atoms with van der Waals surface area (Å²) in [5.41, 5.74) is 0. The van der Waals surface area contributed by atoms with Gasteiger partial charge in [-0.1, -0.05) is 218 Å². The summed E-state index contributed by atoms with van der Waals surface area (Å²) < 4.78 is 22.3. The molecule has 10 heteroatoms. The van der Waals surface area contributed by atoms with E-state index in [0.717, 1.165) is 43.9 Å². The summed E-state index contributed by atoms with van der Waals surface area (Å²) in [6.45, 7) is -1.05. The highest BCUT2D eigenvalue weighted by Gasteiger charge is 2.44. The Kier molecular flexibility index (Phi) is 31.9. The highest BCUT2D eigenvalue weighted by Crippen LogP contribution is 2.29. The SMILES string of the molecule is O=C(CCCCCCCCCCCCCCC1CCCCC1)OCC(CO[C@H]1O[C@H](CO)[C@@H](O)[C@H](O)[C@H]1O)OC(=O)CCCCCCCCCCCCCCC1CCCCC1. The molecule has 61 heavy (non-hydrogen) atoms. The molecule has 0 spiro atoms. The van der Waals surface area contributed by atoms with Crippen molar-refractivity contribution in [1.29, 1.82) is 0 Å². The smallest absolute Gasteiger partial charge is 0.306 e. The van der Waals surface area contributed by atoms with E-state index in [-0.39, 0.29) is 32.0 Å². The predicted octanol–water partition coefficient (Wildman–Crippen LogP) is 11.3. The number of unbranched alkanes of at least 4 members (excludes halogenated alkanes) is 22. The van der Waals surface area contributed by atoms with Gasteiger partial charge in [0.2, 0.25) is 0 Å². The van der Waals surface area contributed by atoms with Crippen LogP contribution in [0.15, 0.2) is 0 Å². The largest absolute Gasteiger partial charge is 0.462 e. The minimum Gasteiger partial charge on any atom is -0.462 e. The summed E-state index contributed by atoms with van der Waals surface area (Å²) in [6.07, 6.45) is 39.3. The van der Waals surface area contributed by atoms with E-state index in [4.69, 9.17) is 18.9 Å². The van der Waals surface area contributed by atoms with Crippen LogP contribution in [0.1, 0.15) is 244 Å². The molecule has 10 nitrogen and oxygen atoms in total. The molecule has 0 amide bonds. The quantitative estimate of drug-likeness (QED) is 0.0351. The third kappa shape index (κ3) is 26.3. The summed E-state index contributed by atoms with van der Waals surface area (Å²) in [5, 5.41) is 40.2. The van der Waals surface area contributed by atoms with Crippen molar-refractivity contribution in [2.75, 3.05) is 19.8 Å². The minimum absolute atomic E-state index is 0.205. The Hall–Kier alpha value is -1.30. The fraction of sp³-hybridized carbons (Fsp3) is 0.961. The monoisotopic (exact) mass is 867 g/mol. The molecule has 2 saturated carbocycles. The zero-order chi connectivity index (χ0) is 43.6. The van der Waals surface area contributed by atoms with Gasteiger partial charge in [-0.3, -0.25) is 9.59 Å². The number of esters is 2. The molecule has 4 N–H and O–H groups in total. The Bertz CT molecular complexity index is 1040. The second-order valence-electron chi connectivity index (χ2n) is 19.4. The lowest BCUT2D eigenvalue weighted by atomic mass is 9.85. The van der Waals surface area contributed by atoms with E-state index in [0.29, 0.717) is 6.42 Å². The molecule has 0 aromatic rings. The molecular formula is C51H94O10. The number of ether oxygens (including phenoxy) is 4. The number of carbonyl (C=O) groups is 2. The Balaban J connectivity index is 1.20. The highest BCUT2D eigenvalue weighted by atomic mass is 16.7. The van der Waals surface area contributed by atoms with Crippen LogP contribution in [0, 0.1) is 11.8 Å². The van der Waals surface area contributed by atoms with Gasteiger partial charge in [-0.25, -0.2) is 0 Å². The van der Waals surface area contributed by atoms with Gasteiger partial charge in [0, 0.05) is 12.8 Å². The zero-order valence-corrected chi connectivity index (χ0v) is 38.8. The van der Waals surface area contributed by atoms with Gasteiger partial charge in [0.15, 0.2) is 12.4 Å². The van der Waals surface area contributed by atoms with Gasteiger partial charge in [-0.2, -0.15) is 0 Å². The van der Waals surface area contributed by atoms with E-state index < -0.39 is 49.4 Å². The maximum atomic E-state index is 12.8. The van der Waals surface area contributed by atoms with Crippen molar-refractivity contribution in [3.8, 4) is 0 Å². The lowest BCUT2D eigenvalue weighted by molar-refractivity contribution is -0.305.